The number of phenols is 1. The number of hydrogen-bond donors (Lipinski definition) is 1. The highest BCUT2D eigenvalue weighted by Gasteiger charge is 2.27. The summed E-state index contributed by atoms with van der Waals surface area (Å²) in [5.41, 5.74) is 3.21. The van der Waals surface area contributed by atoms with E-state index in [9.17, 15) is 9.90 Å². The summed E-state index contributed by atoms with van der Waals surface area (Å²) >= 11 is 0. The number of fused-ring (bicyclic) bond motifs is 2. The topological polar surface area (TPSA) is 60.2 Å². The zero-order valence-corrected chi connectivity index (χ0v) is 20.1. The second-order valence-electron chi connectivity index (χ2n) is 9.63. The molecule has 2 aromatic carbocycles. The fourth-order valence-electron chi connectivity index (χ4n) is 5.53. The molecule has 3 aromatic rings. The van der Waals surface area contributed by atoms with E-state index >= 15 is 0 Å². The standard InChI is InChI=1S/C28H35N3O3/c1-2-12-30(23-10-11-24-21(19-23)7-5-8-25(24)32)16-13-29-14-17-31(18-15-29)28(33)27-20-22-6-3-4-9-26(22)34-27/h3-9,20,23,32H,2,10-19H2,1H3/t23-/m1/s1. The van der Waals surface area contributed by atoms with Crippen molar-refractivity contribution in [3.05, 3.63) is 65.4 Å². The Labute approximate surface area is 201 Å². The Hall–Kier alpha value is -2.83. The van der Waals surface area contributed by atoms with E-state index in [0.29, 0.717) is 17.6 Å². The molecule has 0 spiro atoms. The number of amides is 1. The second kappa shape index (κ2) is 10.2. The van der Waals surface area contributed by atoms with E-state index in [-0.39, 0.29) is 5.91 Å². The number of benzene rings is 2. The summed E-state index contributed by atoms with van der Waals surface area (Å²) < 4.78 is 5.79. The van der Waals surface area contributed by atoms with Crippen LogP contribution < -0.4 is 0 Å². The van der Waals surface area contributed by atoms with Gasteiger partial charge in [0.1, 0.15) is 11.3 Å². The van der Waals surface area contributed by atoms with Crippen LogP contribution in [0.25, 0.3) is 11.0 Å². The van der Waals surface area contributed by atoms with Gasteiger partial charge < -0.3 is 14.4 Å². The average Bonchev–Trinajstić information content (AvgIpc) is 3.31. The minimum Gasteiger partial charge on any atom is -0.508 e. The molecule has 2 aliphatic rings. The summed E-state index contributed by atoms with van der Waals surface area (Å²) in [7, 11) is 0. The summed E-state index contributed by atoms with van der Waals surface area (Å²) in [6, 6.07) is 16.1. The Bertz CT molecular complexity index is 1100. The SMILES string of the molecule is CCCN(CCN1CCN(C(=O)c2cc3ccccc3o2)CC1)[C@@H]1CCc2c(O)cccc2C1. The lowest BCUT2D eigenvalue weighted by Gasteiger charge is -2.38. The van der Waals surface area contributed by atoms with Gasteiger partial charge in [0.15, 0.2) is 5.76 Å². The normalized spacial score (nSPS) is 19.0. The molecule has 0 bridgehead atoms. The van der Waals surface area contributed by atoms with Gasteiger partial charge in [-0.25, -0.2) is 0 Å². The van der Waals surface area contributed by atoms with Gasteiger partial charge in [-0.2, -0.15) is 0 Å². The summed E-state index contributed by atoms with van der Waals surface area (Å²) in [6.07, 6.45) is 4.21. The van der Waals surface area contributed by atoms with Gasteiger partial charge in [-0.05, 0) is 61.6 Å². The summed E-state index contributed by atoms with van der Waals surface area (Å²) in [5.74, 6) is 0.882. The first-order chi connectivity index (χ1) is 16.6. The van der Waals surface area contributed by atoms with Gasteiger partial charge in [-0.15, -0.1) is 0 Å². The third kappa shape index (κ3) is 4.84. The Morgan fingerprint density at radius 3 is 2.71 bits per heavy atom. The van der Waals surface area contributed by atoms with E-state index in [2.05, 4.69) is 22.8 Å². The van der Waals surface area contributed by atoms with Crippen LogP contribution in [0.15, 0.2) is 52.9 Å². The van der Waals surface area contributed by atoms with E-state index in [0.717, 1.165) is 88.0 Å². The molecular weight excluding hydrogens is 426 g/mol. The molecule has 0 unspecified atom stereocenters. The first kappa shape index (κ1) is 22.9. The predicted molar refractivity (Wildman–Crippen MR) is 134 cm³/mol. The molecule has 0 radical (unpaired) electrons. The van der Waals surface area contributed by atoms with E-state index < -0.39 is 0 Å². The number of rotatable bonds is 7. The molecule has 1 aromatic heterocycles. The third-order valence-corrected chi connectivity index (χ3v) is 7.46. The zero-order chi connectivity index (χ0) is 23.5. The first-order valence-corrected chi connectivity index (χ1v) is 12.7. The quantitative estimate of drug-likeness (QED) is 0.572. The van der Waals surface area contributed by atoms with Crippen molar-refractivity contribution >= 4 is 16.9 Å². The number of nitrogens with zero attached hydrogens (tertiary/aromatic N) is 3. The second-order valence-corrected chi connectivity index (χ2v) is 9.63. The number of para-hydroxylation sites is 1. The largest absolute Gasteiger partial charge is 0.508 e. The maximum absolute atomic E-state index is 12.9. The Balaban J connectivity index is 1.14. The lowest BCUT2D eigenvalue weighted by molar-refractivity contribution is 0.0582. The van der Waals surface area contributed by atoms with Gasteiger partial charge in [0.25, 0.3) is 5.91 Å². The maximum Gasteiger partial charge on any atom is 0.289 e. The Morgan fingerprint density at radius 2 is 1.91 bits per heavy atom. The number of phenolic OH excluding ortho intramolecular Hbond substituents is 1. The molecule has 0 saturated carbocycles. The molecule has 1 saturated heterocycles. The van der Waals surface area contributed by atoms with Crippen molar-refractivity contribution in [2.24, 2.45) is 0 Å². The molecule has 1 aliphatic heterocycles. The molecule has 1 amide bonds. The van der Waals surface area contributed by atoms with Crippen LogP contribution in [-0.2, 0) is 12.8 Å². The van der Waals surface area contributed by atoms with E-state index in [4.69, 9.17) is 4.42 Å². The minimum absolute atomic E-state index is 0.00687. The number of carbonyl (C=O) groups excluding carboxylic acids is 1. The van der Waals surface area contributed by atoms with Crippen LogP contribution in [0.2, 0.25) is 0 Å². The molecule has 180 valence electrons. The van der Waals surface area contributed by atoms with Crippen molar-refractivity contribution in [2.75, 3.05) is 45.8 Å². The predicted octanol–water partition coefficient (Wildman–Crippen LogP) is 4.17. The number of aromatic hydroxyl groups is 1. The van der Waals surface area contributed by atoms with Gasteiger partial charge in [0, 0.05) is 50.7 Å². The molecule has 1 aliphatic carbocycles. The average molecular weight is 462 g/mol. The number of hydrogen-bond acceptors (Lipinski definition) is 5. The van der Waals surface area contributed by atoms with Gasteiger partial charge in [0.2, 0.25) is 0 Å². The van der Waals surface area contributed by atoms with E-state index in [1.165, 1.54) is 5.56 Å². The van der Waals surface area contributed by atoms with Crippen molar-refractivity contribution in [2.45, 2.75) is 38.6 Å². The lowest BCUT2D eigenvalue weighted by atomic mass is 9.87. The van der Waals surface area contributed by atoms with Crippen LogP contribution >= 0.6 is 0 Å². The minimum atomic E-state index is -0.00687. The lowest BCUT2D eigenvalue weighted by Crippen LogP contribution is -2.51. The molecule has 34 heavy (non-hydrogen) atoms. The number of carbonyl (C=O) groups is 1. The molecule has 6 nitrogen and oxygen atoms in total. The highest BCUT2D eigenvalue weighted by atomic mass is 16.3. The van der Waals surface area contributed by atoms with Crippen LogP contribution in [0.3, 0.4) is 0 Å². The number of furan rings is 1. The summed E-state index contributed by atoms with van der Waals surface area (Å²) in [6.45, 7) is 8.68. The zero-order valence-electron chi connectivity index (χ0n) is 20.1. The number of piperazine rings is 1. The molecule has 2 heterocycles. The summed E-state index contributed by atoms with van der Waals surface area (Å²) in [4.78, 5) is 20.0. The molecule has 5 rings (SSSR count). The molecule has 1 atom stereocenters. The van der Waals surface area contributed by atoms with Crippen LogP contribution in [0, 0.1) is 0 Å². The fraction of sp³-hybridized carbons (Fsp3) is 0.464. The monoisotopic (exact) mass is 461 g/mol. The van der Waals surface area contributed by atoms with E-state index in [1.807, 2.05) is 47.4 Å². The third-order valence-electron chi connectivity index (χ3n) is 7.46. The van der Waals surface area contributed by atoms with Gasteiger partial charge in [-0.3, -0.25) is 14.6 Å². The van der Waals surface area contributed by atoms with Gasteiger partial charge in [0.05, 0.1) is 0 Å². The highest BCUT2D eigenvalue weighted by Crippen LogP contribution is 2.30. The highest BCUT2D eigenvalue weighted by molar-refractivity contribution is 5.96. The first-order valence-electron chi connectivity index (χ1n) is 12.7. The molecule has 1 fully saturated rings. The Morgan fingerprint density at radius 1 is 1.09 bits per heavy atom. The van der Waals surface area contributed by atoms with E-state index in [1.54, 1.807) is 0 Å². The van der Waals surface area contributed by atoms with Crippen LogP contribution in [0.5, 0.6) is 5.75 Å². The van der Waals surface area contributed by atoms with Crippen molar-refractivity contribution in [1.29, 1.82) is 0 Å². The van der Waals surface area contributed by atoms with Crippen molar-refractivity contribution in [1.82, 2.24) is 14.7 Å². The molecular formula is C28H35N3O3. The fourth-order valence-corrected chi connectivity index (χ4v) is 5.53. The summed E-state index contributed by atoms with van der Waals surface area (Å²) in [5, 5.41) is 11.1. The van der Waals surface area contributed by atoms with Crippen LogP contribution in [0.4, 0.5) is 0 Å². The smallest absolute Gasteiger partial charge is 0.289 e. The van der Waals surface area contributed by atoms with Crippen molar-refractivity contribution in [3.8, 4) is 5.75 Å². The molecule has 6 heteroatoms. The van der Waals surface area contributed by atoms with Crippen molar-refractivity contribution in [3.63, 3.8) is 0 Å². The van der Waals surface area contributed by atoms with Gasteiger partial charge >= 0.3 is 0 Å². The van der Waals surface area contributed by atoms with Gasteiger partial charge in [-0.1, -0.05) is 37.3 Å². The van der Waals surface area contributed by atoms with Crippen LogP contribution in [0.1, 0.15) is 41.4 Å². The van der Waals surface area contributed by atoms with Crippen LogP contribution in [-0.4, -0.2) is 77.6 Å². The maximum atomic E-state index is 12.9. The Kier molecular flexibility index (Phi) is 6.88. The molecule has 1 N–H and O–H groups in total. The van der Waals surface area contributed by atoms with Crippen molar-refractivity contribution < 1.29 is 14.3 Å².